The summed E-state index contributed by atoms with van der Waals surface area (Å²) in [6, 6.07) is -0.188. The number of esters is 1. The molecule has 1 rings (SSSR count). The second-order valence-electron chi connectivity index (χ2n) is 3.68. The van der Waals surface area contributed by atoms with Crippen LogP contribution in [0.5, 0.6) is 0 Å². The minimum absolute atomic E-state index is 0.0720. The van der Waals surface area contributed by atoms with Gasteiger partial charge in [-0.1, -0.05) is 6.92 Å². The van der Waals surface area contributed by atoms with Gasteiger partial charge in [0.2, 0.25) is 0 Å². The number of rotatable bonds is 5. The molecule has 5 heteroatoms. The Morgan fingerprint density at radius 2 is 2.38 bits per heavy atom. The van der Waals surface area contributed by atoms with E-state index >= 15 is 0 Å². The zero-order valence-corrected chi connectivity index (χ0v) is 10.9. The molecular formula is C11H18N2O2S. The van der Waals surface area contributed by atoms with E-state index in [0.29, 0.717) is 6.42 Å². The lowest BCUT2D eigenvalue weighted by atomic mass is 10.2. The van der Waals surface area contributed by atoms with Crippen molar-refractivity contribution >= 4 is 17.3 Å². The lowest BCUT2D eigenvalue weighted by Gasteiger charge is -2.18. The van der Waals surface area contributed by atoms with Crippen molar-refractivity contribution in [2.75, 3.05) is 7.11 Å². The minimum atomic E-state index is -0.260. The third-order valence-corrected chi connectivity index (χ3v) is 3.45. The van der Waals surface area contributed by atoms with E-state index < -0.39 is 0 Å². The number of carbonyl (C=O) groups excluding carboxylic acids is 1. The zero-order chi connectivity index (χ0) is 12.1. The van der Waals surface area contributed by atoms with Gasteiger partial charge >= 0.3 is 5.97 Å². The second kappa shape index (κ2) is 5.96. The Hall–Kier alpha value is -0.940. The summed E-state index contributed by atoms with van der Waals surface area (Å²) in [5.41, 5.74) is 0. The highest BCUT2D eigenvalue weighted by atomic mass is 32.1. The van der Waals surface area contributed by atoms with Gasteiger partial charge in [0.25, 0.3) is 0 Å². The molecule has 1 aromatic rings. The van der Waals surface area contributed by atoms with Crippen molar-refractivity contribution in [1.29, 1.82) is 0 Å². The Labute approximate surface area is 100 Å². The molecule has 0 aliphatic carbocycles. The van der Waals surface area contributed by atoms with E-state index in [4.69, 9.17) is 4.74 Å². The Balaban J connectivity index is 2.62. The van der Waals surface area contributed by atoms with Crippen LogP contribution in [0.3, 0.4) is 0 Å². The molecule has 90 valence electrons. The number of thiazole rings is 1. The van der Waals surface area contributed by atoms with Crippen molar-refractivity contribution in [1.82, 2.24) is 10.3 Å². The topological polar surface area (TPSA) is 51.2 Å². The average molecular weight is 242 g/mol. The van der Waals surface area contributed by atoms with Crippen LogP contribution < -0.4 is 5.32 Å². The fraction of sp³-hybridized carbons (Fsp3) is 0.636. The normalized spacial score (nSPS) is 14.5. The largest absolute Gasteiger partial charge is 0.468 e. The van der Waals surface area contributed by atoms with Crippen molar-refractivity contribution in [2.45, 2.75) is 39.3 Å². The van der Waals surface area contributed by atoms with E-state index in [1.165, 1.54) is 12.0 Å². The van der Waals surface area contributed by atoms with Crippen LogP contribution in [-0.4, -0.2) is 24.1 Å². The molecule has 1 heterocycles. The maximum atomic E-state index is 11.4. The van der Waals surface area contributed by atoms with E-state index in [1.807, 2.05) is 27.0 Å². The standard InChI is InChI=1S/C11H18N2O2S/c1-5-9(11(14)15-4)13-8(3)10-12-6-7(2)16-10/h6,8-9,13H,5H2,1-4H3. The molecule has 0 aliphatic heterocycles. The lowest BCUT2D eigenvalue weighted by molar-refractivity contribution is -0.143. The number of hydrogen-bond acceptors (Lipinski definition) is 5. The van der Waals surface area contributed by atoms with Crippen LogP contribution in [-0.2, 0) is 9.53 Å². The fourth-order valence-electron chi connectivity index (χ4n) is 1.44. The molecule has 0 saturated heterocycles. The van der Waals surface area contributed by atoms with E-state index in [0.717, 1.165) is 5.01 Å². The molecule has 0 spiro atoms. The van der Waals surface area contributed by atoms with Crippen LogP contribution in [0.1, 0.15) is 36.2 Å². The zero-order valence-electron chi connectivity index (χ0n) is 10.1. The molecular weight excluding hydrogens is 224 g/mol. The molecule has 1 aromatic heterocycles. The number of nitrogens with one attached hydrogen (secondary N) is 1. The number of carbonyl (C=O) groups is 1. The van der Waals surface area contributed by atoms with Gasteiger partial charge in [0.05, 0.1) is 13.2 Å². The molecule has 0 amide bonds. The quantitative estimate of drug-likeness (QED) is 0.803. The van der Waals surface area contributed by atoms with Gasteiger partial charge in [-0.05, 0) is 20.3 Å². The maximum absolute atomic E-state index is 11.4. The third kappa shape index (κ3) is 3.28. The number of hydrogen-bond donors (Lipinski definition) is 1. The molecule has 0 aromatic carbocycles. The average Bonchev–Trinajstić information content (AvgIpc) is 2.71. The lowest BCUT2D eigenvalue weighted by Crippen LogP contribution is -2.38. The monoisotopic (exact) mass is 242 g/mol. The first-order valence-electron chi connectivity index (χ1n) is 5.34. The van der Waals surface area contributed by atoms with Gasteiger partial charge in [-0.3, -0.25) is 10.1 Å². The first-order chi connectivity index (χ1) is 7.58. The molecule has 0 fully saturated rings. The van der Waals surface area contributed by atoms with Crippen LogP contribution in [0.25, 0.3) is 0 Å². The molecule has 4 nitrogen and oxygen atoms in total. The van der Waals surface area contributed by atoms with E-state index in [1.54, 1.807) is 11.3 Å². The van der Waals surface area contributed by atoms with Crippen LogP contribution in [0.4, 0.5) is 0 Å². The van der Waals surface area contributed by atoms with Gasteiger partial charge in [-0.2, -0.15) is 0 Å². The number of aryl methyl sites for hydroxylation is 1. The molecule has 0 aliphatic rings. The van der Waals surface area contributed by atoms with Crippen molar-refractivity contribution in [3.8, 4) is 0 Å². The molecule has 0 radical (unpaired) electrons. The Kier molecular flexibility index (Phi) is 4.89. The molecule has 16 heavy (non-hydrogen) atoms. The molecule has 1 N–H and O–H groups in total. The summed E-state index contributed by atoms with van der Waals surface area (Å²) in [6.07, 6.45) is 2.55. The highest BCUT2D eigenvalue weighted by molar-refractivity contribution is 7.11. The van der Waals surface area contributed by atoms with Gasteiger partial charge in [0.1, 0.15) is 11.0 Å². The van der Waals surface area contributed by atoms with Gasteiger partial charge in [-0.15, -0.1) is 11.3 Å². The van der Waals surface area contributed by atoms with E-state index in [2.05, 4.69) is 10.3 Å². The predicted octanol–water partition coefficient (Wildman–Crippen LogP) is 2.05. The highest BCUT2D eigenvalue weighted by Crippen LogP contribution is 2.19. The summed E-state index contributed by atoms with van der Waals surface area (Å²) < 4.78 is 4.73. The van der Waals surface area contributed by atoms with Gasteiger partial charge in [0.15, 0.2) is 0 Å². The summed E-state index contributed by atoms with van der Waals surface area (Å²) in [5.74, 6) is -0.220. The Morgan fingerprint density at radius 1 is 1.69 bits per heavy atom. The Bertz CT molecular complexity index is 352. The number of aromatic nitrogens is 1. The second-order valence-corrected chi connectivity index (χ2v) is 4.95. The summed E-state index contributed by atoms with van der Waals surface area (Å²) in [5, 5.41) is 4.22. The van der Waals surface area contributed by atoms with Crippen LogP contribution in [0.2, 0.25) is 0 Å². The van der Waals surface area contributed by atoms with Gasteiger partial charge in [-0.25, -0.2) is 4.98 Å². The Morgan fingerprint density at radius 3 is 2.81 bits per heavy atom. The minimum Gasteiger partial charge on any atom is -0.468 e. The predicted molar refractivity (Wildman–Crippen MR) is 64.5 cm³/mol. The third-order valence-electron chi connectivity index (χ3n) is 2.35. The first kappa shape index (κ1) is 13.1. The smallest absolute Gasteiger partial charge is 0.322 e. The highest BCUT2D eigenvalue weighted by Gasteiger charge is 2.20. The number of ether oxygens (including phenoxy) is 1. The summed E-state index contributed by atoms with van der Waals surface area (Å²) in [4.78, 5) is 16.9. The van der Waals surface area contributed by atoms with Gasteiger partial charge in [0, 0.05) is 11.1 Å². The van der Waals surface area contributed by atoms with Gasteiger partial charge < -0.3 is 4.74 Å². The van der Waals surface area contributed by atoms with Crippen molar-refractivity contribution < 1.29 is 9.53 Å². The first-order valence-corrected chi connectivity index (χ1v) is 6.16. The summed E-state index contributed by atoms with van der Waals surface area (Å²) in [7, 11) is 1.41. The maximum Gasteiger partial charge on any atom is 0.322 e. The van der Waals surface area contributed by atoms with Crippen molar-refractivity contribution in [2.24, 2.45) is 0 Å². The molecule has 2 unspecified atom stereocenters. The molecule has 2 atom stereocenters. The van der Waals surface area contributed by atoms with Crippen molar-refractivity contribution in [3.63, 3.8) is 0 Å². The summed E-state index contributed by atoms with van der Waals surface area (Å²) in [6.45, 7) is 5.98. The van der Waals surface area contributed by atoms with E-state index in [9.17, 15) is 4.79 Å². The summed E-state index contributed by atoms with van der Waals surface area (Å²) >= 11 is 1.64. The number of methoxy groups -OCH3 is 1. The van der Waals surface area contributed by atoms with Crippen LogP contribution in [0, 0.1) is 6.92 Å². The van der Waals surface area contributed by atoms with E-state index in [-0.39, 0.29) is 18.1 Å². The molecule has 0 saturated carbocycles. The van der Waals surface area contributed by atoms with Crippen LogP contribution >= 0.6 is 11.3 Å². The van der Waals surface area contributed by atoms with Crippen LogP contribution in [0.15, 0.2) is 6.20 Å². The fourth-order valence-corrected chi connectivity index (χ4v) is 2.23. The number of nitrogens with zero attached hydrogens (tertiary/aromatic N) is 1. The molecule has 0 bridgehead atoms. The SMILES string of the molecule is CCC(NC(C)c1ncc(C)s1)C(=O)OC. The van der Waals surface area contributed by atoms with Crippen molar-refractivity contribution in [3.05, 3.63) is 16.1 Å².